The van der Waals surface area contributed by atoms with Crippen molar-refractivity contribution in [1.82, 2.24) is 0 Å². The van der Waals surface area contributed by atoms with E-state index in [1.807, 2.05) is 0 Å². The number of hydrogen-bond acceptors (Lipinski definition) is 5. The Kier molecular flexibility index (Phi) is 22.9. The minimum absolute atomic E-state index is 0.447. The van der Waals surface area contributed by atoms with Crippen molar-refractivity contribution in [2.24, 2.45) is 0 Å². The molecule has 0 spiro atoms. The van der Waals surface area contributed by atoms with E-state index in [4.69, 9.17) is 19.5 Å². The summed E-state index contributed by atoms with van der Waals surface area (Å²) >= 11 is 1.11. The summed E-state index contributed by atoms with van der Waals surface area (Å²) in [6.07, 6.45) is 21.1. The Morgan fingerprint density at radius 2 is 1.28 bits per heavy atom. The molecule has 0 aliphatic rings. The van der Waals surface area contributed by atoms with Gasteiger partial charge >= 0.3 is 148 Å². The van der Waals surface area contributed by atoms with Crippen molar-refractivity contribution in [1.29, 1.82) is 0 Å². The normalized spacial score (nSPS) is 12.7. The van der Waals surface area contributed by atoms with Crippen LogP contribution in [-0.4, -0.2) is 71.7 Å². The van der Waals surface area contributed by atoms with Gasteiger partial charge in [-0.15, -0.1) is 0 Å². The molecule has 0 aromatic heterocycles. The molecule has 2 unspecified atom stereocenters. The Morgan fingerprint density at radius 1 is 0.821 bits per heavy atom. The van der Waals surface area contributed by atoms with Gasteiger partial charge in [0, 0.05) is 0 Å². The number of rotatable bonds is 22. The predicted molar refractivity (Wildman–Crippen MR) is 156 cm³/mol. The van der Waals surface area contributed by atoms with Gasteiger partial charge < -0.3 is 10.2 Å². The molecule has 0 saturated carbocycles. The second-order valence-electron chi connectivity index (χ2n) is 10.2. The maximum Gasteiger partial charge on any atom is 0.325 e. The largest absolute Gasteiger partial charge is 0.481 e. The molecule has 1 aromatic rings. The molecule has 0 amide bonds. The van der Waals surface area contributed by atoms with Gasteiger partial charge in [-0.2, -0.15) is 8.42 Å². The third-order valence-electron chi connectivity index (χ3n) is 6.67. The molecule has 0 radical (unpaired) electrons. The minimum atomic E-state index is -4.84. The van der Waals surface area contributed by atoms with Crippen LogP contribution in [0.4, 0.5) is 0 Å². The van der Waals surface area contributed by atoms with Gasteiger partial charge in [0.15, 0.2) is 5.25 Å². The van der Waals surface area contributed by atoms with Crippen molar-refractivity contribution < 1.29 is 37.5 Å². The number of aliphatic carboxylic acids is 2. The fraction of sp³-hybridized carbons (Fsp3) is 0.724. The van der Waals surface area contributed by atoms with Gasteiger partial charge in [0.25, 0.3) is 10.1 Å². The number of aryl methyl sites for hydroxylation is 1. The van der Waals surface area contributed by atoms with E-state index in [1.54, 1.807) is 0 Å². The van der Waals surface area contributed by atoms with E-state index in [2.05, 4.69) is 38.1 Å². The Labute approximate surface area is 253 Å². The zero-order chi connectivity index (χ0) is 29.5. The molecular formula is C29H49NaO8S. The number of ether oxygens (including phenoxy) is 1. The topological polar surface area (TPSA) is 138 Å². The molecule has 0 aliphatic heterocycles. The van der Waals surface area contributed by atoms with E-state index >= 15 is 0 Å². The molecule has 39 heavy (non-hydrogen) atoms. The number of benzene rings is 1. The standard InChI is InChI=1S/C25H43O.C4H6O7S.Na/c1-3-5-6-7-8-9-10-11-12-13-14-15-16-17-20-24-21-18-19-22-25(24)26-23-4-2;5-3(6)1-2(4(7)8)12(9,10)11;/h18-19,21-23H,3-17,20H2,1-2H3;2H,1H2,(H,5,6)(H,7,8)(H,9,10,11);. The summed E-state index contributed by atoms with van der Waals surface area (Å²) in [6, 6.07) is 8.66. The van der Waals surface area contributed by atoms with Crippen LogP contribution in [0.2, 0.25) is 0 Å². The van der Waals surface area contributed by atoms with Crippen molar-refractivity contribution in [3.05, 3.63) is 29.8 Å². The first kappa shape index (κ1) is 37.9. The van der Waals surface area contributed by atoms with Crippen molar-refractivity contribution in [2.75, 3.05) is 0 Å². The van der Waals surface area contributed by atoms with Gasteiger partial charge in [0.05, 0.1) is 6.42 Å². The average Bonchev–Trinajstić information content (AvgIpc) is 2.87. The van der Waals surface area contributed by atoms with Crippen LogP contribution in [0.25, 0.3) is 0 Å². The van der Waals surface area contributed by atoms with Crippen molar-refractivity contribution in [3.8, 4) is 5.75 Å². The van der Waals surface area contributed by atoms with Crippen LogP contribution in [0.3, 0.4) is 0 Å². The van der Waals surface area contributed by atoms with Crippen LogP contribution >= 0.6 is 0 Å². The molecule has 2 atom stereocenters. The summed E-state index contributed by atoms with van der Waals surface area (Å²) in [5, 5.41) is 13.9. The molecule has 8 nitrogen and oxygen atoms in total. The summed E-state index contributed by atoms with van der Waals surface area (Å²) in [5.74, 6) is -2.37. The van der Waals surface area contributed by atoms with E-state index < -0.39 is 33.7 Å². The number of unbranched alkanes of at least 4 members (excludes halogenated alkanes) is 13. The average molecular weight is 581 g/mol. The second-order valence-corrected chi connectivity index (χ2v) is 13.1. The van der Waals surface area contributed by atoms with Crippen LogP contribution in [0.1, 0.15) is 122 Å². The number of hydrogen-bond donors (Lipinski definition) is 3. The first-order valence-electron chi connectivity index (χ1n) is 14.7. The van der Waals surface area contributed by atoms with Crippen molar-refractivity contribution in [2.45, 2.75) is 132 Å². The predicted octanol–water partition coefficient (Wildman–Crippen LogP) is 6.80. The molecule has 0 aliphatic carbocycles. The summed E-state index contributed by atoms with van der Waals surface area (Å²) in [6.45, 7) is 4.51. The van der Waals surface area contributed by atoms with E-state index in [0.29, 0.717) is 3.35 Å². The fourth-order valence-corrected chi connectivity index (χ4v) is 4.98. The van der Waals surface area contributed by atoms with Gasteiger partial charge in [0.1, 0.15) is 0 Å². The number of para-hydroxylation sites is 1. The molecule has 3 N–H and O–H groups in total. The summed E-state index contributed by atoms with van der Waals surface area (Å²) < 4.78 is 35.2. The monoisotopic (exact) mass is 580 g/mol. The fourth-order valence-electron chi connectivity index (χ4n) is 4.11. The quantitative estimate of drug-likeness (QED) is 0.0774. The van der Waals surface area contributed by atoms with Crippen LogP contribution in [0, 0.1) is 0 Å². The zero-order valence-electron chi connectivity index (χ0n) is 24.3. The van der Waals surface area contributed by atoms with Crippen LogP contribution < -0.4 is 4.74 Å². The maximum absolute atomic E-state index is 10.2. The minimum Gasteiger partial charge on any atom is -0.481 e. The van der Waals surface area contributed by atoms with Crippen LogP contribution in [-0.2, 0) is 26.1 Å². The Bertz CT molecular complexity index is 891. The van der Waals surface area contributed by atoms with Crippen LogP contribution in [0.5, 0.6) is 5.75 Å². The Hall–Kier alpha value is -1.13. The van der Waals surface area contributed by atoms with Gasteiger partial charge in [-0.25, -0.2) is 0 Å². The molecular weight excluding hydrogens is 531 g/mol. The van der Waals surface area contributed by atoms with Gasteiger partial charge in [-0.3, -0.25) is 14.1 Å². The summed E-state index contributed by atoms with van der Waals surface area (Å²) in [5.41, 5.74) is 1.41. The van der Waals surface area contributed by atoms with Crippen LogP contribution in [0.15, 0.2) is 24.3 Å². The van der Waals surface area contributed by atoms with Gasteiger partial charge in [0.2, 0.25) is 0 Å². The maximum atomic E-state index is 10.2. The molecule has 1 rings (SSSR count). The third-order valence-corrected chi connectivity index (χ3v) is 8.81. The summed E-state index contributed by atoms with van der Waals surface area (Å²) in [7, 11) is -4.84. The molecule has 220 valence electrons. The molecule has 0 saturated heterocycles. The van der Waals surface area contributed by atoms with Crippen molar-refractivity contribution >= 4 is 50.0 Å². The molecule has 0 bridgehead atoms. The molecule has 0 fully saturated rings. The Morgan fingerprint density at radius 3 is 1.67 bits per heavy atom. The van der Waals surface area contributed by atoms with E-state index in [1.165, 1.54) is 102 Å². The molecule has 0 heterocycles. The molecule has 1 aromatic carbocycles. The van der Waals surface area contributed by atoms with E-state index in [0.717, 1.165) is 40.1 Å². The number of carboxylic acids is 2. The summed E-state index contributed by atoms with van der Waals surface area (Å²) in [4.78, 5) is 20.0. The van der Waals surface area contributed by atoms with Crippen molar-refractivity contribution in [3.63, 3.8) is 0 Å². The molecule has 10 heteroatoms. The first-order valence-corrected chi connectivity index (χ1v) is 17.3. The number of carbonyl (C=O) groups is 2. The van der Waals surface area contributed by atoms with Gasteiger partial charge in [-0.05, 0) is 0 Å². The van der Waals surface area contributed by atoms with E-state index in [-0.39, 0.29) is 0 Å². The van der Waals surface area contributed by atoms with E-state index in [9.17, 15) is 18.0 Å². The number of carboxylic acid groups (broad SMARTS) is 2. The first-order chi connectivity index (χ1) is 18.5. The third kappa shape index (κ3) is 21.3. The SMILES string of the molecule is CCCCCCCCCCCCCCCCc1ccccc1O[CH]([Na])CC.O=C(O)CC(C(=O)O)S(=O)(=O)O. The van der Waals surface area contributed by atoms with Gasteiger partial charge in [-0.1, -0.05) is 51.9 Å². The second kappa shape index (κ2) is 23.6. The Balaban J connectivity index is 0.00000101. The smallest absolute Gasteiger partial charge is 0.325 e. The zero-order valence-corrected chi connectivity index (χ0v) is 27.1.